The van der Waals surface area contributed by atoms with Gasteiger partial charge in [-0.05, 0) is 31.6 Å². The molecule has 0 amide bonds. The van der Waals surface area contributed by atoms with E-state index >= 15 is 0 Å². The molecule has 1 N–H and O–H groups in total. The zero-order valence-corrected chi connectivity index (χ0v) is 7.22. The molecule has 0 aromatic heterocycles. The van der Waals surface area contributed by atoms with Crippen LogP contribution in [0, 0.1) is 5.92 Å². The summed E-state index contributed by atoms with van der Waals surface area (Å²) in [6.45, 7) is 2.32. The Morgan fingerprint density at radius 2 is 2.27 bits per heavy atom. The summed E-state index contributed by atoms with van der Waals surface area (Å²) < 4.78 is 0. The summed E-state index contributed by atoms with van der Waals surface area (Å²) in [5, 5.41) is 3.66. The zero-order valence-electron chi connectivity index (χ0n) is 7.22. The van der Waals surface area contributed by atoms with Crippen molar-refractivity contribution in [3.05, 3.63) is 12.2 Å². The summed E-state index contributed by atoms with van der Waals surface area (Å²) >= 11 is 0. The zero-order chi connectivity index (χ0) is 7.68. The predicted molar refractivity (Wildman–Crippen MR) is 47.5 cm³/mol. The van der Waals surface area contributed by atoms with Crippen LogP contribution < -0.4 is 5.32 Å². The highest BCUT2D eigenvalue weighted by Crippen LogP contribution is 2.30. The van der Waals surface area contributed by atoms with Gasteiger partial charge in [0, 0.05) is 12.1 Å². The molecule has 0 aliphatic heterocycles. The average molecular weight is 151 g/mol. The van der Waals surface area contributed by atoms with Crippen molar-refractivity contribution in [3.63, 3.8) is 0 Å². The minimum atomic E-state index is 0.693. The van der Waals surface area contributed by atoms with Crippen molar-refractivity contribution in [2.24, 2.45) is 5.92 Å². The number of nitrogens with one attached hydrogen (secondary N) is 1. The fourth-order valence-electron chi connectivity index (χ4n) is 1.78. The molecular weight excluding hydrogens is 134 g/mol. The molecule has 3 atom stereocenters. The summed E-state index contributed by atoms with van der Waals surface area (Å²) in [6, 6.07) is 1.53. The standard InChI is InChI=1S/C10H17N/c1-8-7-10(8)11-9-5-3-2-4-6-9/h3,5,8-11H,2,4,6-7H2,1H3. The molecule has 0 saturated heterocycles. The van der Waals surface area contributed by atoms with E-state index in [-0.39, 0.29) is 0 Å². The highest BCUT2D eigenvalue weighted by atomic mass is 15.0. The van der Waals surface area contributed by atoms with Crippen LogP contribution >= 0.6 is 0 Å². The SMILES string of the molecule is CC1CC1NC1C=CCCC1. The van der Waals surface area contributed by atoms with Gasteiger partial charge in [-0.3, -0.25) is 0 Å². The molecular formula is C10H17N. The normalized spacial score (nSPS) is 42.5. The molecule has 1 fully saturated rings. The van der Waals surface area contributed by atoms with Crippen LogP contribution in [-0.4, -0.2) is 12.1 Å². The third kappa shape index (κ3) is 1.84. The first-order valence-corrected chi connectivity index (χ1v) is 4.79. The summed E-state index contributed by atoms with van der Waals surface area (Å²) in [4.78, 5) is 0. The van der Waals surface area contributed by atoms with E-state index in [1.165, 1.54) is 25.7 Å². The van der Waals surface area contributed by atoms with Gasteiger partial charge in [0.25, 0.3) is 0 Å². The van der Waals surface area contributed by atoms with E-state index in [1.54, 1.807) is 0 Å². The number of hydrogen-bond donors (Lipinski definition) is 1. The molecule has 11 heavy (non-hydrogen) atoms. The molecule has 1 nitrogen and oxygen atoms in total. The van der Waals surface area contributed by atoms with Gasteiger partial charge in [0.05, 0.1) is 0 Å². The number of allylic oxidation sites excluding steroid dienone is 1. The Labute approximate surface area is 68.9 Å². The summed E-state index contributed by atoms with van der Waals surface area (Å²) in [6.07, 6.45) is 10.1. The lowest BCUT2D eigenvalue weighted by atomic mass is 10.0. The lowest BCUT2D eigenvalue weighted by molar-refractivity contribution is 0.508. The van der Waals surface area contributed by atoms with Crippen LogP contribution in [-0.2, 0) is 0 Å². The third-order valence-electron chi connectivity index (χ3n) is 2.79. The van der Waals surface area contributed by atoms with E-state index < -0.39 is 0 Å². The number of hydrogen-bond acceptors (Lipinski definition) is 1. The van der Waals surface area contributed by atoms with Gasteiger partial charge in [0.1, 0.15) is 0 Å². The topological polar surface area (TPSA) is 12.0 Å². The van der Waals surface area contributed by atoms with Crippen molar-refractivity contribution in [2.75, 3.05) is 0 Å². The molecule has 0 aromatic carbocycles. The van der Waals surface area contributed by atoms with E-state index in [1.807, 2.05) is 0 Å². The highest BCUT2D eigenvalue weighted by molar-refractivity contribution is 5.02. The van der Waals surface area contributed by atoms with Crippen LogP contribution in [0.15, 0.2) is 12.2 Å². The molecule has 1 heteroatoms. The van der Waals surface area contributed by atoms with E-state index in [0.717, 1.165) is 12.0 Å². The van der Waals surface area contributed by atoms with Gasteiger partial charge in [-0.1, -0.05) is 19.1 Å². The lowest BCUT2D eigenvalue weighted by Gasteiger charge is -2.17. The van der Waals surface area contributed by atoms with Gasteiger partial charge < -0.3 is 5.32 Å². The lowest BCUT2D eigenvalue weighted by Crippen LogP contribution is -2.31. The van der Waals surface area contributed by atoms with Crippen molar-refractivity contribution in [1.29, 1.82) is 0 Å². The van der Waals surface area contributed by atoms with E-state index in [4.69, 9.17) is 0 Å². The average Bonchev–Trinajstić information content (AvgIpc) is 2.69. The maximum absolute atomic E-state index is 3.66. The minimum Gasteiger partial charge on any atom is -0.307 e. The van der Waals surface area contributed by atoms with E-state index in [9.17, 15) is 0 Å². The Balaban J connectivity index is 1.77. The van der Waals surface area contributed by atoms with Gasteiger partial charge in [0.2, 0.25) is 0 Å². The molecule has 0 spiro atoms. The van der Waals surface area contributed by atoms with Crippen LogP contribution in [0.25, 0.3) is 0 Å². The summed E-state index contributed by atoms with van der Waals surface area (Å²) in [5.41, 5.74) is 0. The molecule has 1 saturated carbocycles. The fraction of sp³-hybridized carbons (Fsp3) is 0.800. The quantitative estimate of drug-likeness (QED) is 0.596. The Morgan fingerprint density at radius 1 is 1.45 bits per heavy atom. The second-order valence-electron chi connectivity index (χ2n) is 3.95. The first kappa shape index (κ1) is 7.35. The first-order chi connectivity index (χ1) is 5.36. The smallest absolute Gasteiger partial charge is 0.0252 e. The second kappa shape index (κ2) is 2.98. The monoisotopic (exact) mass is 151 g/mol. The molecule has 2 aliphatic carbocycles. The molecule has 3 unspecified atom stereocenters. The second-order valence-corrected chi connectivity index (χ2v) is 3.95. The Hall–Kier alpha value is -0.300. The van der Waals surface area contributed by atoms with Crippen LogP contribution in [0.3, 0.4) is 0 Å². The summed E-state index contributed by atoms with van der Waals surface area (Å²) in [7, 11) is 0. The molecule has 62 valence electrons. The fourth-order valence-corrected chi connectivity index (χ4v) is 1.78. The van der Waals surface area contributed by atoms with Crippen molar-refractivity contribution in [1.82, 2.24) is 5.32 Å². The Bertz CT molecular complexity index is 162. The van der Waals surface area contributed by atoms with Gasteiger partial charge in [-0.15, -0.1) is 0 Å². The summed E-state index contributed by atoms with van der Waals surface area (Å²) in [5.74, 6) is 0.935. The Morgan fingerprint density at radius 3 is 2.82 bits per heavy atom. The maximum atomic E-state index is 3.66. The molecule has 0 aromatic rings. The van der Waals surface area contributed by atoms with Crippen LogP contribution in [0.2, 0.25) is 0 Å². The minimum absolute atomic E-state index is 0.693. The predicted octanol–water partition coefficient (Wildman–Crippen LogP) is 2.09. The highest BCUT2D eigenvalue weighted by Gasteiger charge is 2.33. The van der Waals surface area contributed by atoms with Gasteiger partial charge in [-0.25, -0.2) is 0 Å². The van der Waals surface area contributed by atoms with Crippen molar-refractivity contribution in [2.45, 2.75) is 44.7 Å². The van der Waals surface area contributed by atoms with Gasteiger partial charge >= 0.3 is 0 Å². The Kier molecular flexibility index (Phi) is 1.99. The third-order valence-corrected chi connectivity index (χ3v) is 2.79. The molecule has 0 bridgehead atoms. The molecule has 2 rings (SSSR count). The largest absolute Gasteiger partial charge is 0.307 e. The van der Waals surface area contributed by atoms with E-state index in [0.29, 0.717) is 6.04 Å². The maximum Gasteiger partial charge on any atom is 0.0252 e. The number of rotatable bonds is 2. The molecule has 0 heterocycles. The van der Waals surface area contributed by atoms with Gasteiger partial charge in [-0.2, -0.15) is 0 Å². The van der Waals surface area contributed by atoms with E-state index in [2.05, 4.69) is 24.4 Å². The first-order valence-electron chi connectivity index (χ1n) is 4.79. The van der Waals surface area contributed by atoms with Crippen molar-refractivity contribution in [3.8, 4) is 0 Å². The molecule has 2 aliphatic rings. The van der Waals surface area contributed by atoms with Crippen LogP contribution in [0.5, 0.6) is 0 Å². The van der Waals surface area contributed by atoms with Crippen LogP contribution in [0.1, 0.15) is 32.6 Å². The van der Waals surface area contributed by atoms with Gasteiger partial charge in [0.15, 0.2) is 0 Å². The van der Waals surface area contributed by atoms with Crippen molar-refractivity contribution < 1.29 is 0 Å². The molecule has 0 radical (unpaired) electrons. The van der Waals surface area contributed by atoms with Crippen molar-refractivity contribution >= 4 is 0 Å². The van der Waals surface area contributed by atoms with Crippen LogP contribution in [0.4, 0.5) is 0 Å².